The van der Waals surface area contributed by atoms with Gasteiger partial charge in [0.05, 0.1) is 13.2 Å². The number of esters is 1. The van der Waals surface area contributed by atoms with Crippen molar-refractivity contribution in [3.63, 3.8) is 0 Å². The normalized spacial score (nSPS) is 19.6. The molecule has 0 aromatic heterocycles. The molecular formula is C16H23ClN2O3. The second kappa shape index (κ2) is 7.92. The predicted octanol–water partition coefficient (Wildman–Crippen LogP) is 1.55. The Morgan fingerprint density at radius 2 is 2.05 bits per heavy atom. The number of carbonyl (C=O) groups is 1. The minimum Gasteiger partial charge on any atom is -0.468 e. The van der Waals surface area contributed by atoms with Crippen LogP contribution in [0.4, 0.5) is 0 Å². The number of hydrogen-bond donors (Lipinski definition) is 1. The molecule has 1 saturated heterocycles. The quantitative estimate of drug-likeness (QED) is 0.832. The average Bonchev–Trinajstić information content (AvgIpc) is 2.48. The largest absolute Gasteiger partial charge is 0.468 e. The second-order valence-electron chi connectivity index (χ2n) is 5.67. The van der Waals surface area contributed by atoms with Gasteiger partial charge in [-0.2, -0.15) is 0 Å². The van der Waals surface area contributed by atoms with Gasteiger partial charge in [-0.15, -0.1) is 0 Å². The smallest absolute Gasteiger partial charge is 0.327 e. The summed E-state index contributed by atoms with van der Waals surface area (Å²) in [5.41, 5.74) is 0.850. The highest BCUT2D eigenvalue weighted by atomic mass is 35.5. The first-order valence-electron chi connectivity index (χ1n) is 7.49. The molecule has 2 rings (SSSR count). The zero-order valence-corrected chi connectivity index (χ0v) is 13.8. The van der Waals surface area contributed by atoms with Crippen molar-refractivity contribution in [1.82, 2.24) is 9.80 Å². The summed E-state index contributed by atoms with van der Waals surface area (Å²) in [6.45, 7) is 5.58. The summed E-state index contributed by atoms with van der Waals surface area (Å²) in [6, 6.07) is 6.91. The van der Waals surface area contributed by atoms with E-state index in [0.29, 0.717) is 11.6 Å². The number of methoxy groups -OCH3 is 1. The molecule has 0 saturated carbocycles. The molecule has 122 valence electrons. The molecule has 1 fully saturated rings. The minimum absolute atomic E-state index is 0.272. The van der Waals surface area contributed by atoms with Crippen LogP contribution in [0.25, 0.3) is 0 Å². The van der Waals surface area contributed by atoms with Gasteiger partial charge in [0.25, 0.3) is 0 Å². The molecule has 5 nitrogen and oxygen atoms in total. The fraction of sp³-hybridized carbons (Fsp3) is 0.562. The third kappa shape index (κ3) is 4.43. The van der Waals surface area contributed by atoms with E-state index in [-0.39, 0.29) is 12.1 Å². The van der Waals surface area contributed by atoms with Gasteiger partial charge in [0.1, 0.15) is 6.04 Å². The van der Waals surface area contributed by atoms with Crippen molar-refractivity contribution in [2.75, 3.05) is 39.8 Å². The van der Waals surface area contributed by atoms with Crippen LogP contribution in [0.5, 0.6) is 0 Å². The summed E-state index contributed by atoms with van der Waals surface area (Å²) in [4.78, 5) is 16.5. The van der Waals surface area contributed by atoms with Crippen LogP contribution >= 0.6 is 11.6 Å². The summed E-state index contributed by atoms with van der Waals surface area (Å²) in [5.74, 6) is -0.272. The molecule has 1 heterocycles. The van der Waals surface area contributed by atoms with Crippen LogP contribution in [0.15, 0.2) is 24.3 Å². The van der Waals surface area contributed by atoms with Crippen LogP contribution in [-0.2, 0) is 9.53 Å². The van der Waals surface area contributed by atoms with Crippen LogP contribution in [0.1, 0.15) is 18.5 Å². The van der Waals surface area contributed by atoms with Crippen molar-refractivity contribution in [3.05, 3.63) is 34.9 Å². The maximum absolute atomic E-state index is 12.2. The van der Waals surface area contributed by atoms with Gasteiger partial charge in [-0.3, -0.25) is 9.80 Å². The van der Waals surface area contributed by atoms with Gasteiger partial charge in [0, 0.05) is 37.7 Å². The third-order valence-electron chi connectivity index (χ3n) is 3.88. The van der Waals surface area contributed by atoms with Crippen LogP contribution in [0, 0.1) is 0 Å². The average molecular weight is 327 g/mol. The number of ether oxygens (including phenoxy) is 1. The highest BCUT2D eigenvalue weighted by Crippen LogP contribution is 2.26. The molecule has 1 N–H and O–H groups in total. The fourth-order valence-corrected chi connectivity index (χ4v) is 3.06. The lowest BCUT2D eigenvalue weighted by Gasteiger charge is -2.38. The summed E-state index contributed by atoms with van der Waals surface area (Å²) in [6.07, 6.45) is -0.337. The van der Waals surface area contributed by atoms with Gasteiger partial charge in [0.2, 0.25) is 0 Å². The Morgan fingerprint density at radius 3 is 2.59 bits per heavy atom. The number of β-amino-alcohol motifs (C(OH)–C–C–N with tert-alkyl or cyclic N) is 1. The molecule has 1 unspecified atom stereocenters. The number of benzene rings is 1. The first-order valence-corrected chi connectivity index (χ1v) is 7.87. The topological polar surface area (TPSA) is 53.0 Å². The monoisotopic (exact) mass is 326 g/mol. The standard InChI is InChI=1S/C16H23ClN2O3/c1-12(20)11-18-6-8-19(9-7-18)15(16(21)22-2)13-4-3-5-14(17)10-13/h3-5,10,12,15,20H,6-9,11H2,1-2H3/t12-,15?/m0/s1. The molecule has 1 aromatic carbocycles. The van der Waals surface area contributed by atoms with Crippen molar-refractivity contribution in [2.45, 2.75) is 19.1 Å². The van der Waals surface area contributed by atoms with E-state index < -0.39 is 6.04 Å². The van der Waals surface area contributed by atoms with Crippen molar-refractivity contribution in [2.24, 2.45) is 0 Å². The highest BCUT2D eigenvalue weighted by Gasteiger charge is 2.31. The highest BCUT2D eigenvalue weighted by molar-refractivity contribution is 6.30. The third-order valence-corrected chi connectivity index (χ3v) is 4.12. The second-order valence-corrected chi connectivity index (χ2v) is 6.10. The van der Waals surface area contributed by atoms with Gasteiger partial charge in [-0.25, -0.2) is 4.79 Å². The first kappa shape index (κ1) is 17.2. The van der Waals surface area contributed by atoms with E-state index in [2.05, 4.69) is 9.80 Å². The number of nitrogens with zero attached hydrogens (tertiary/aromatic N) is 2. The molecule has 0 radical (unpaired) electrons. The molecule has 2 atom stereocenters. The Bertz CT molecular complexity index is 502. The molecular weight excluding hydrogens is 304 g/mol. The van der Waals surface area contributed by atoms with Gasteiger partial charge < -0.3 is 9.84 Å². The van der Waals surface area contributed by atoms with Crippen LogP contribution in [0.2, 0.25) is 5.02 Å². The number of carbonyl (C=O) groups excluding carboxylic acids is 1. The van der Waals surface area contributed by atoms with Gasteiger partial charge in [-0.1, -0.05) is 23.7 Å². The lowest BCUT2D eigenvalue weighted by Crippen LogP contribution is -2.50. The Balaban J connectivity index is 2.10. The van der Waals surface area contributed by atoms with Crippen LogP contribution in [-0.4, -0.2) is 66.8 Å². The Hall–Kier alpha value is -1.14. The summed E-state index contributed by atoms with van der Waals surface area (Å²) in [5, 5.41) is 10.1. The van der Waals surface area contributed by atoms with E-state index in [1.165, 1.54) is 7.11 Å². The molecule has 0 aliphatic carbocycles. The maximum Gasteiger partial charge on any atom is 0.327 e. The van der Waals surface area contributed by atoms with E-state index in [9.17, 15) is 9.90 Å². The van der Waals surface area contributed by atoms with Gasteiger partial charge in [0.15, 0.2) is 0 Å². The van der Waals surface area contributed by atoms with E-state index in [0.717, 1.165) is 31.7 Å². The van der Waals surface area contributed by atoms with Crippen molar-refractivity contribution in [3.8, 4) is 0 Å². The molecule has 1 aliphatic rings. The minimum atomic E-state index is -0.433. The Labute approximate surface area is 136 Å². The maximum atomic E-state index is 12.2. The SMILES string of the molecule is COC(=O)C(c1cccc(Cl)c1)N1CCN(C[C@H](C)O)CC1. The number of aliphatic hydroxyl groups is 1. The summed E-state index contributed by atoms with van der Waals surface area (Å²) >= 11 is 6.05. The zero-order valence-electron chi connectivity index (χ0n) is 13.0. The van der Waals surface area contributed by atoms with Gasteiger partial charge in [-0.05, 0) is 24.6 Å². The predicted molar refractivity (Wildman–Crippen MR) is 85.9 cm³/mol. The van der Waals surface area contributed by atoms with E-state index in [4.69, 9.17) is 16.3 Å². The van der Waals surface area contributed by atoms with E-state index in [1.54, 1.807) is 13.0 Å². The molecule has 1 aromatic rings. The number of hydrogen-bond acceptors (Lipinski definition) is 5. The molecule has 0 bridgehead atoms. The van der Waals surface area contributed by atoms with Gasteiger partial charge >= 0.3 is 5.97 Å². The molecule has 0 amide bonds. The molecule has 0 spiro atoms. The van der Waals surface area contributed by atoms with Crippen LogP contribution in [0.3, 0.4) is 0 Å². The molecule has 6 heteroatoms. The summed E-state index contributed by atoms with van der Waals surface area (Å²) < 4.78 is 4.97. The Morgan fingerprint density at radius 1 is 1.36 bits per heavy atom. The van der Waals surface area contributed by atoms with Crippen molar-refractivity contribution >= 4 is 17.6 Å². The fourth-order valence-electron chi connectivity index (χ4n) is 2.86. The Kier molecular flexibility index (Phi) is 6.20. The van der Waals surface area contributed by atoms with Crippen molar-refractivity contribution in [1.29, 1.82) is 0 Å². The number of piperazine rings is 1. The lowest BCUT2D eigenvalue weighted by molar-refractivity contribution is -0.148. The number of aliphatic hydroxyl groups excluding tert-OH is 1. The van der Waals surface area contributed by atoms with E-state index >= 15 is 0 Å². The summed E-state index contributed by atoms with van der Waals surface area (Å²) in [7, 11) is 1.41. The molecule has 22 heavy (non-hydrogen) atoms. The van der Waals surface area contributed by atoms with Crippen LogP contribution < -0.4 is 0 Å². The number of rotatable bonds is 5. The lowest BCUT2D eigenvalue weighted by atomic mass is 10.0. The molecule has 1 aliphatic heterocycles. The zero-order chi connectivity index (χ0) is 16.1. The first-order chi connectivity index (χ1) is 10.5. The van der Waals surface area contributed by atoms with Crippen molar-refractivity contribution < 1.29 is 14.6 Å². The number of halogens is 1. The van der Waals surface area contributed by atoms with E-state index in [1.807, 2.05) is 18.2 Å².